The Morgan fingerprint density at radius 3 is 2.24 bits per heavy atom. The summed E-state index contributed by atoms with van der Waals surface area (Å²) >= 11 is 0. The lowest BCUT2D eigenvalue weighted by Gasteiger charge is -2.21. The molecule has 0 radical (unpaired) electrons. The average molecular weight is 466 g/mol. The van der Waals surface area contributed by atoms with Crippen LogP contribution in [-0.4, -0.2) is 55.4 Å². The van der Waals surface area contributed by atoms with Crippen molar-refractivity contribution >= 4 is 24.1 Å². The van der Waals surface area contributed by atoms with Crippen LogP contribution in [0, 0.1) is 0 Å². The predicted octanol–water partition coefficient (Wildman–Crippen LogP) is 2.65. The molecule has 1 aromatic carbocycles. The number of benzene rings is 1. The summed E-state index contributed by atoms with van der Waals surface area (Å²) in [4.78, 5) is 48.2. The molecule has 1 rings (SSSR count). The molecule has 0 aliphatic heterocycles. The van der Waals surface area contributed by atoms with Crippen LogP contribution in [-0.2, 0) is 30.4 Å². The first-order valence-electron chi connectivity index (χ1n) is 10.8. The molecule has 0 aliphatic carbocycles. The zero-order valence-corrected chi connectivity index (χ0v) is 19.9. The number of nitrogens with one attached hydrogen (secondary N) is 3. The van der Waals surface area contributed by atoms with Gasteiger partial charge in [0, 0.05) is 6.54 Å². The Balaban J connectivity index is 2.57. The molecule has 0 heterocycles. The van der Waals surface area contributed by atoms with Gasteiger partial charge in [0.2, 0.25) is 5.91 Å². The van der Waals surface area contributed by atoms with Crippen molar-refractivity contribution in [2.24, 2.45) is 0 Å². The molecule has 33 heavy (non-hydrogen) atoms. The lowest BCUT2D eigenvalue weighted by Crippen LogP contribution is -2.51. The minimum absolute atomic E-state index is 0.0549. The van der Waals surface area contributed by atoms with Crippen molar-refractivity contribution in [1.29, 1.82) is 0 Å². The number of ether oxygens (including phenoxy) is 3. The van der Waals surface area contributed by atoms with Crippen LogP contribution < -0.4 is 16.0 Å². The number of rotatable bonds is 11. The van der Waals surface area contributed by atoms with Gasteiger partial charge in [-0.15, -0.1) is 0 Å². The Morgan fingerprint density at radius 2 is 1.64 bits per heavy atom. The summed E-state index contributed by atoms with van der Waals surface area (Å²) in [6.07, 6.45) is 0.0641. The number of methoxy groups -OCH3 is 1. The zero-order valence-electron chi connectivity index (χ0n) is 19.9. The van der Waals surface area contributed by atoms with E-state index in [9.17, 15) is 19.2 Å². The minimum atomic E-state index is -0.929. The molecule has 0 spiro atoms. The summed E-state index contributed by atoms with van der Waals surface area (Å²) in [6, 6.07) is 7.33. The molecule has 10 nitrogen and oxygen atoms in total. The van der Waals surface area contributed by atoms with E-state index in [-0.39, 0.29) is 13.0 Å². The van der Waals surface area contributed by atoms with Crippen LogP contribution in [0.15, 0.2) is 30.3 Å². The third kappa shape index (κ3) is 12.4. The number of carbonyl (C=O) groups is 4. The van der Waals surface area contributed by atoms with Crippen LogP contribution in [0.3, 0.4) is 0 Å². The third-order valence-electron chi connectivity index (χ3n) is 4.32. The van der Waals surface area contributed by atoms with Gasteiger partial charge in [0.15, 0.2) is 0 Å². The Kier molecular flexibility index (Phi) is 11.7. The molecule has 184 valence electrons. The molecule has 0 aromatic heterocycles. The molecular weight excluding hydrogens is 430 g/mol. The van der Waals surface area contributed by atoms with E-state index in [0.29, 0.717) is 19.4 Å². The molecule has 0 aliphatic rings. The van der Waals surface area contributed by atoms with Gasteiger partial charge in [-0.05, 0) is 52.5 Å². The number of amides is 3. The van der Waals surface area contributed by atoms with Crippen molar-refractivity contribution < 1.29 is 33.4 Å². The Hall–Kier alpha value is -3.30. The molecule has 0 fully saturated rings. The number of hydrogen-bond donors (Lipinski definition) is 3. The van der Waals surface area contributed by atoms with Crippen molar-refractivity contribution in [2.45, 2.75) is 71.2 Å². The lowest BCUT2D eigenvalue weighted by atomic mass is 10.1. The van der Waals surface area contributed by atoms with E-state index < -0.39 is 41.7 Å². The maximum absolute atomic E-state index is 12.6. The first-order valence-corrected chi connectivity index (χ1v) is 10.8. The van der Waals surface area contributed by atoms with E-state index in [2.05, 4.69) is 20.7 Å². The molecule has 0 saturated carbocycles. The SMILES string of the molecule is COC(=O)[C@H](C)NC(=O)[C@H](CCCCNC(=O)OC(C)(C)C)NC(=O)OCc1ccccc1. The number of unbranched alkanes of at least 4 members (excludes halogenated alkanes) is 1. The first-order chi connectivity index (χ1) is 15.5. The van der Waals surface area contributed by atoms with Gasteiger partial charge in [-0.3, -0.25) is 4.79 Å². The first kappa shape index (κ1) is 27.7. The highest BCUT2D eigenvalue weighted by molar-refractivity contribution is 5.89. The monoisotopic (exact) mass is 465 g/mol. The van der Waals surface area contributed by atoms with Crippen molar-refractivity contribution in [3.63, 3.8) is 0 Å². The number of esters is 1. The van der Waals surface area contributed by atoms with E-state index in [1.807, 2.05) is 30.3 Å². The van der Waals surface area contributed by atoms with Crippen molar-refractivity contribution in [3.8, 4) is 0 Å². The minimum Gasteiger partial charge on any atom is -0.467 e. The van der Waals surface area contributed by atoms with E-state index in [1.165, 1.54) is 14.0 Å². The highest BCUT2D eigenvalue weighted by atomic mass is 16.6. The van der Waals surface area contributed by atoms with E-state index >= 15 is 0 Å². The second-order valence-electron chi connectivity index (χ2n) is 8.44. The quantitative estimate of drug-likeness (QED) is 0.260. The fourth-order valence-electron chi connectivity index (χ4n) is 2.70. The summed E-state index contributed by atoms with van der Waals surface area (Å²) in [6.45, 7) is 7.20. The molecule has 0 unspecified atom stereocenters. The molecule has 2 atom stereocenters. The summed E-state index contributed by atoms with van der Waals surface area (Å²) in [5, 5.41) is 7.71. The van der Waals surface area contributed by atoms with Gasteiger partial charge in [0.25, 0.3) is 0 Å². The highest BCUT2D eigenvalue weighted by Gasteiger charge is 2.25. The van der Waals surface area contributed by atoms with Gasteiger partial charge in [0.05, 0.1) is 7.11 Å². The Labute approximate surface area is 194 Å². The molecular formula is C23H35N3O7. The molecule has 1 aromatic rings. The Morgan fingerprint density at radius 1 is 0.970 bits per heavy atom. The van der Waals surface area contributed by atoms with Gasteiger partial charge in [-0.2, -0.15) is 0 Å². The third-order valence-corrected chi connectivity index (χ3v) is 4.32. The average Bonchev–Trinajstić information content (AvgIpc) is 2.75. The van der Waals surface area contributed by atoms with E-state index in [1.54, 1.807) is 20.8 Å². The van der Waals surface area contributed by atoms with Gasteiger partial charge < -0.3 is 30.2 Å². The topological polar surface area (TPSA) is 132 Å². The lowest BCUT2D eigenvalue weighted by molar-refractivity contribution is -0.144. The van der Waals surface area contributed by atoms with Crippen molar-refractivity contribution in [1.82, 2.24) is 16.0 Å². The van der Waals surface area contributed by atoms with Gasteiger partial charge in [-0.25, -0.2) is 14.4 Å². The van der Waals surface area contributed by atoms with Gasteiger partial charge >= 0.3 is 18.2 Å². The summed E-state index contributed by atoms with van der Waals surface area (Å²) < 4.78 is 15.0. The van der Waals surface area contributed by atoms with Crippen molar-refractivity contribution in [2.75, 3.05) is 13.7 Å². The second kappa shape index (κ2) is 14.0. The second-order valence-corrected chi connectivity index (χ2v) is 8.44. The normalized spacial score (nSPS) is 12.6. The van der Waals surface area contributed by atoms with Crippen LogP contribution >= 0.6 is 0 Å². The molecule has 0 saturated heterocycles. The summed E-state index contributed by atoms with van der Waals surface area (Å²) in [5.41, 5.74) is 0.217. The van der Waals surface area contributed by atoms with E-state index in [4.69, 9.17) is 9.47 Å². The molecule has 3 amide bonds. The van der Waals surface area contributed by atoms with Crippen LogP contribution in [0.25, 0.3) is 0 Å². The smallest absolute Gasteiger partial charge is 0.408 e. The number of hydrogen-bond acceptors (Lipinski definition) is 7. The standard InChI is InChI=1S/C23H35N3O7/c1-16(20(28)31-5)25-19(27)18(13-9-10-14-24-21(29)33-23(2,3)4)26-22(30)32-15-17-11-7-6-8-12-17/h6-8,11-12,16,18H,9-10,13-15H2,1-5H3,(H,24,29)(H,25,27)(H,26,30)/t16-,18-/m0/s1. The summed E-state index contributed by atoms with van der Waals surface area (Å²) in [7, 11) is 1.22. The Bertz CT molecular complexity index is 778. The van der Waals surface area contributed by atoms with Crippen LogP contribution in [0.5, 0.6) is 0 Å². The molecule has 3 N–H and O–H groups in total. The van der Waals surface area contributed by atoms with E-state index in [0.717, 1.165) is 5.56 Å². The maximum Gasteiger partial charge on any atom is 0.408 e. The highest BCUT2D eigenvalue weighted by Crippen LogP contribution is 2.07. The number of carbonyl (C=O) groups excluding carboxylic acids is 4. The zero-order chi connectivity index (χ0) is 24.9. The fourth-order valence-corrected chi connectivity index (χ4v) is 2.70. The fraction of sp³-hybridized carbons (Fsp3) is 0.565. The van der Waals surface area contributed by atoms with Crippen LogP contribution in [0.4, 0.5) is 9.59 Å². The van der Waals surface area contributed by atoms with Crippen LogP contribution in [0.1, 0.15) is 52.5 Å². The maximum atomic E-state index is 12.6. The largest absolute Gasteiger partial charge is 0.467 e. The number of alkyl carbamates (subject to hydrolysis) is 2. The van der Waals surface area contributed by atoms with Crippen LogP contribution in [0.2, 0.25) is 0 Å². The van der Waals surface area contributed by atoms with Crippen molar-refractivity contribution in [3.05, 3.63) is 35.9 Å². The molecule has 10 heteroatoms. The molecule has 0 bridgehead atoms. The van der Waals surface area contributed by atoms with Gasteiger partial charge in [-0.1, -0.05) is 30.3 Å². The summed E-state index contributed by atoms with van der Waals surface area (Å²) in [5.74, 6) is -1.14. The predicted molar refractivity (Wildman–Crippen MR) is 121 cm³/mol. The van der Waals surface area contributed by atoms with Gasteiger partial charge in [0.1, 0.15) is 24.3 Å².